The van der Waals surface area contributed by atoms with E-state index in [0.717, 1.165) is 24.3 Å². The van der Waals surface area contributed by atoms with Gasteiger partial charge in [-0.1, -0.05) is 0 Å². The maximum Gasteiger partial charge on any atom is 0.0219 e. The zero-order valence-corrected chi connectivity index (χ0v) is 11.6. The number of hydrogen-bond acceptors (Lipinski definition) is 2. The van der Waals surface area contributed by atoms with Crippen molar-refractivity contribution in [3.8, 4) is 0 Å². The van der Waals surface area contributed by atoms with Crippen LogP contribution in [-0.4, -0.2) is 30.6 Å². The molecular formula is C16H28N2. The van der Waals surface area contributed by atoms with Gasteiger partial charge in [0.05, 0.1) is 0 Å². The van der Waals surface area contributed by atoms with Crippen molar-refractivity contribution in [1.82, 2.24) is 4.90 Å². The van der Waals surface area contributed by atoms with Crippen LogP contribution >= 0.6 is 0 Å². The van der Waals surface area contributed by atoms with Gasteiger partial charge in [-0.3, -0.25) is 4.90 Å². The number of likely N-dealkylation sites (tertiary alicyclic amines) is 1. The fourth-order valence-electron chi connectivity index (χ4n) is 6.28. The lowest BCUT2D eigenvalue weighted by Crippen LogP contribution is -2.52. The molecular weight excluding hydrogens is 220 g/mol. The highest BCUT2D eigenvalue weighted by Crippen LogP contribution is 2.60. The number of hydrogen-bond donors (Lipinski definition) is 1. The van der Waals surface area contributed by atoms with Crippen LogP contribution in [0.2, 0.25) is 0 Å². The molecule has 4 saturated carbocycles. The second-order valence-corrected chi connectivity index (χ2v) is 7.92. The van der Waals surface area contributed by atoms with Gasteiger partial charge in [0.15, 0.2) is 0 Å². The molecule has 102 valence electrons. The molecule has 1 aliphatic heterocycles. The summed E-state index contributed by atoms with van der Waals surface area (Å²) in [6.07, 6.45) is 12.1. The highest BCUT2D eigenvalue weighted by molar-refractivity contribution is 5.03. The Balaban J connectivity index is 1.50. The Kier molecular flexibility index (Phi) is 2.74. The molecule has 0 radical (unpaired) electrons. The Morgan fingerprint density at radius 2 is 1.61 bits per heavy atom. The van der Waals surface area contributed by atoms with Crippen LogP contribution in [0.3, 0.4) is 0 Å². The number of nitrogens with two attached hydrogens (primary N) is 1. The molecule has 2 heteroatoms. The fraction of sp³-hybridized carbons (Fsp3) is 1.00. The maximum absolute atomic E-state index is 5.95. The Labute approximate surface area is 111 Å². The van der Waals surface area contributed by atoms with Gasteiger partial charge in [-0.05, 0) is 81.1 Å². The lowest BCUT2D eigenvalue weighted by molar-refractivity contribution is -0.0703. The molecule has 5 fully saturated rings. The van der Waals surface area contributed by atoms with Crippen molar-refractivity contribution in [2.45, 2.75) is 57.4 Å². The largest absolute Gasteiger partial charge is 0.329 e. The molecule has 0 aromatic heterocycles. The lowest BCUT2D eigenvalue weighted by atomic mass is 9.49. The summed E-state index contributed by atoms with van der Waals surface area (Å²) < 4.78 is 0. The smallest absolute Gasteiger partial charge is 0.0219 e. The molecule has 1 heterocycles. The van der Waals surface area contributed by atoms with Gasteiger partial charge in [-0.25, -0.2) is 0 Å². The SMILES string of the molecule is NCC1CCCN1CC12CC3CC(CC(C3)C1)C2. The van der Waals surface area contributed by atoms with E-state index in [1.54, 1.807) is 38.5 Å². The fourth-order valence-corrected chi connectivity index (χ4v) is 6.28. The standard InChI is InChI=1S/C16H28N2/c17-10-15-2-1-3-18(15)11-16-7-12-4-13(8-16)6-14(5-12)9-16/h12-15H,1-11,17H2. The highest BCUT2D eigenvalue weighted by Gasteiger charge is 2.51. The molecule has 1 saturated heterocycles. The summed E-state index contributed by atoms with van der Waals surface area (Å²) >= 11 is 0. The molecule has 18 heavy (non-hydrogen) atoms. The average Bonchev–Trinajstić information content (AvgIpc) is 2.73. The average molecular weight is 248 g/mol. The molecule has 0 amide bonds. The molecule has 2 N–H and O–H groups in total. The molecule has 0 spiro atoms. The van der Waals surface area contributed by atoms with Gasteiger partial charge in [0.25, 0.3) is 0 Å². The lowest BCUT2D eigenvalue weighted by Gasteiger charge is -2.58. The minimum absolute atomic E-state index is 0.706. The summed E-state index contributed by atoms with van der Waals surface area (Å²) in [6, 6.07) is 0.706. The number of nitrogens with zero attached hydrogens (tertiary/aromatic N) is 1. The highest BCUT2D eigenvalue weighted by atomic mass is 15.2. The number of rotatable bonds is 3. The first-order chi connectivity index (χ1) is 8.76. The summed E-state index contributed by atoms with van der Waals surface area (Å²) in [7, 11) is 0. The van der Waals surface area contributed by atoms with Gasteiger partial charge in [-0.15, -0.1) is 0 Å². The van der Waals surface area contributed by atoms with Gasteiger partial charge in [0.1, 0.15) is 0 Å². The van der Waals surface area contributed by atoms with E-state index >= 15 is 0 Å². The van der Waals surface area contributed by atoms with E-state index in [4.69, 9.17) is 5.73 Å². The van der Waals surface area contributed by atoms with Gasteiger partial charge in [0.2, 0.25) is 0 Å². The van der Waals surface area contributed by atoms with Gasteiger partial charge in [0, 0.05) is 19.1 Å². The predicted octanol–water partition coefficient (Wildman–Crippen LogP) is 2.63. The first-order valence-electron chi connectivity index (χ1n) is 8.20. The quantitative estimate of drug-likeness (QED) is 0.832. The minimum atomic E-state index is 0.706. The molecule has 0 aromatic rings. The van der Waals surface area contributed by atoms with Gasteiger partial charge in [-0.2, -0.15) is 0 Å². The monoisotopic (exact) mass is 248 g/mol. The van der Waals surface area contributed by atoms with E-state index in [-0.39, 0.29) is 0 Å². The van der Waals surface area contributed by atoms with Crippen LogP contribution in [-0.2, 0) is 0 Å². The van der Waals surface area contributed by atoms with Crippen molar-refractivity contribution in [1.29, 1.82) is 0 Å². The third kappa shape index (κ3) is 1.84. The molecule has 1 unspecified atom stereocenters. The zero-order chi connectivity index (χ0) is 12.2. The normalized spacial score (nSPS) is 51.2. The summed E-state index contributed by atoms with van der Waals surface area (Å²) in [4.78, 5) is 2.76. The van der Waals surface area contributed by atoms with Crippen LogP contribution in [0.5, 0.6) is 0 Å². The maximum atomic E-state index is 5.95. The van der Waals surface area contributed by atoms with E-state index < -0.39 is 0 Å². The van der Waals surface area contributed by atoms with Gasteiger partial charge >= 0.3 is 0 Å². The molecule has 0 aromatic carbocycles. The van der Waals surface area contributed by atoms with E-state index in [9.17, 15) is 0 Å². The van der Waals surface area contributed by atoms with Crippen LogP contribution in [0.4, 0.5) is 0 Å². The van der Waals surface area contributed by atoms with Crippen LogP contribution in [0, 0.1) is 23.2 Å². The Morgan fingerprint density at radius 3 is 2.17 bits per heavy atom. The summed E-state index contributed by atoms with van der Waals surface area (Å²) in [5.74, 6) is 3.28. The van der Waals surface area contributed by atoms with Crippen LogP contribution in [0.25, 0.3) is 0 Å². The third-order valence-corrected chi connectivity index (χ3v) is 6.47. The Morgan fingerprint density at radius 1 is 1.00 bits per heavy atom. The zero-order valence-electron chi connectivity index (χ0n) is 11.6. The molecule has 1 atom stereocenters. The van der Waals surface area contributed by atoms with E-state index in [1.807, 2.05) is 0 Å². The molecule has 5 rings (SSSR count). The van der Waals surface area contributed by atoms with Crippen LogP contribution in [0.1, 0.15) is 51.4 Å². The van der Waals surface area contributed by atoms with Crippen LogP contribution < -0.4 is 5.73 Å². The second-order valence-electron chi connectivity index (χ2n) is 7.92. The first kappa shape index (κ1) is 11.7. The van der Waals surface area contributed by atoms with Gasteiger partial charge < -0.3 is 5.73 Å². The first-order valence-corrected chi connectivity index (χ1v) is 8.20. The van der Waals surface area contributed by atoms with Crippen molar-refractivity contribution in [2.75, 3.05) is 19.6 Å². The summed E-state index contributed by atoms with van der Waals surface area (Å²) in [6.45, 7) is 3.59. The molecule has 5 aliphatic rings. The Hall–Kier alpha value is -0.0800. The van der Waals surface area contributed by atoms with Crippen molar-refractivity contribution in [3.63, 3.8) is 0 Å². The minimum Gasteiger partial charge on any atom is -0.329 e. The summed E-state index contributed by atoms with van der Waals surface area (Å²) in [5, 5.41) is 0. The van der Waals surface area contributed by atoms with Crippen molar-refractivity contribution >= 4 is 0 Å². The van der Waals surface area contributed by atoms with Crippen molar-refractivity contribution in [3.05, 3.63) is 0 Å². The van der Waals surface area contributed by atoms with Crippen molar-refractivity contribution < 1.29 is 0 Å². The predicted molar refractivity (Wildman–Crippen MR) is 74.3 cm³/mol. The van der Waals surface area contributed by atoms with E-state index in [1.165, 1.54) is 25.9 Å². The molecule has 4 aliphatic carbocycles. The van der Waals surface area contributed by atoms with E-state index in [2.05, 4.69) is 4.90 Å². The molecule has 4 bridgehead atoms. The Bertz CT molecular complexity index is 290. The van der Waals surface area contributed by atoms with Crippen molar-refractivity contribution in [2.24, 2.45) is 28.9 Å². The summed E-state index contributed by atoms with van der Waals surface area (Å²) in [5.41, 5.74) is 6.66. The third-order valence-electron chi connectivity index (χ3n) is 6.47. The topological polar surface area (TPSA) is 29.3 Å². The molecule has 2 nitrogen and oxygen atoms in total. The second kappa shape index (κ2) is 4.21. The van der Waals surface area contributed by atoms with Crippen LogP contribution in [0.15, 0.2) is 0 Å². The van der Waals surface area contributed by atoms with E-state index in [0.29, 0.717) is 11.5 Å².